The lowest BCUT2D eigenvalue weighted by molar-refractivity contribution is 0.591. The molecule has 2 aromatic heterocycles. The van der Waals surface area contributed by atoms with Crippen LogP contribution in [0.2, 0.25) is 0 Å². The van der Waals surface area contributed by atoms with Crippen molar-refractivity contribution in [3.05, 3.63) is 11.9 Å². The van der Waals surface area contributed by atoms with Crippen molar-refractivity contribution in [2.75, 3.05) is 5.32 Å². The van der Waals surface area contributed by atoms with E-state index in [0.717, 1.165) is 11.3 Å². The molecule has 2 aromatic rings. The maximum Gasteiger partial charge on any atom is 0.234 e. The molecule has 0 fully saturated rings. The molecule has 8 nitrogen and oxygen atoms in total. The number of rotatable bonds is 5. The summed E-state index contributed by atoms with van der Waals surface area (Å²) >= 11 is 1.02. The van der Waals surface area contributed by atoms with Gasteiger partial charge in [0.25, 0.3) is 0 Å². The average Bonchev–Trinajstić information content (AvgIpc) is 2.87. The molecular formula is C9H14N6O2S2. The fourth-order valence-corrected chi connectivity index (χ4v) is 3.71. The molecule has 1 N–H and O–H groups in total. The summed E-state index contributed by atoms with van der Waals surface area (Å²) in [5.74, 6) is -0.225. The lowest BCUT2D eigenvalue weighted by Gasteiger charge is -2.03. The van der Waals surface area contributed by atoms with E-state index in [4.69, 9.17) is 0 Å². The number of hydrogen-bond acceptors (Lipinski definition) is 8. The van der Waals surface area contributed by atoms with Crippen LogP contribution in [0.15, 0.2) is 10.5 Å². The Labute approximate surface area is 114 Å². The maximum absolute atomic E-state index is 12.1. The van der Waals surface area contributed by atoms with Gasteiger partial charge in [0.1, 0.15) is 5.75 Å². The molecule has 10 heteroatoms. The molecule has 0 atom stereocenters. The fraction of sp³-hybridized carbons (Fsp3) is 0.556. The van der Waals surface area contributed by atoms with E-state index >= 15 is 0 Å². The molecule has 2 rings (SSSR count). The second kappa shape index (κ2) is 5.21. The molecule has 104 valence electrons. The first-order valence-electron chi connectivity index (χ1n) is 5.55. The van der Waals surface area contributed by atoms with E-state index in [1.165, 1.54) is 11.0 Å². The quantitative estimate of drug-likeness (QED) is 0.855. The van der Waals surface area contributed by atoms with Gasteiger partial charge in [0.05, 0.1) is 11.9 Å². The molecule has 0 radical (unpaired) electrons. The Bertz CT molecular complexity index is 660. The Kier molecular flexibility index (Phi) is 3.80. The van der Waals surface area contributed by atoms with Crippen LogP contribution >= 0.6 is 11.3 Å². The van der Waals surface area contributed by atoms with E-state index in [9.17, 15) is 8.42 Å². The molecule has 0 aliphatic rings. The third-order valence-electron chi connectivity index (χ3n) is 2.07. The summed E-state index contributed by atoms with van der Waals surface area (Å²) in [5, 5.41) is 18.8. The maximum atomic E-state index is 12.1. The van der Waals surface area contributed by atoms with E-state index in [2.05, 4.69) is 25.7 Å². The summed E-state index contributed by atoms with van der Waals surface area (Å²) in [5.41, 5.74) is 0.385. The molecule has 0 aliphatic carbocycles. The minimum atomic E-state index is -3.53. The van der Waals surface area contributed by atoms with Crippen LogP contribution in [-0.2, 0) is 22.6 Å². The normalized spacial score (nSPS) is 12.0. The number of aromatic nitrogens is 5. The molecule has 0 unspecified atom stereocenters. The SMILES string of the molecule is CC(C)Nc1nnc(S(=O)(=O)Cc2cnn(C)n2)s1. The van der Waals surface area contributed by atoms with Gasteiger partial charge < -0.3 is 5.32 Å². The van der Waals surface area contributed by atoms with Crippen molar-refractivity contribution < 1.29 is 8.42 Å². The third kappa shape index (κ3) is 3.47. The van der Waals surface area contributed by atoms with E-state index in [0.29, 0.717) is 10.8 Å². The predicted octanol–water partition coefficient (Wildman–Crippen LogP) is 0.461. The van der Waals surface area contributed by atoms with Gasteiger partial charge in [-0.1, -0.05) is 11.3 Å². The Morgan fingerprint density at radius 3 is 2.74 bits per heavy atom. The van der Waals surface area contributed by atoms with Crippen molar-refractivity contribution in [3.8, 4) is 0 Å². The number of hydrogen-bond donors (Lipinski definition) is 1. The standard InChI is InChI=1S/C9H14N6O2S2/c1-6(2)11-8-12-13-9(18-8)19(16,17)5-7-4-10-15(3)14-7/h4,6H,5H2,1-3H3,(H,11,12). The number of aryl methyl sites for hydroxylation is 1. The van der Waals surface area contributed by atoms with Crippen molar-refractivity contribution >= 4 is 26.3 Å². The van der Waals surface area contributed by atoms with Gasteiger partial charge in [-0.3, -0.25) is 0 Å². The molecular weight excluding hydrogens is 288 g/mol. The van der Waals surface area contributed by atoms with Gasteiger partial charge in [-0.25, -0.2) is 8.42 Å². The zero-order chi connectivity index (χ0) is 14.0. The predicted molar refractivity (Wildman–Crippen MR) is 70.6 cm³/mol. The van der Waals surface area contributed by atoms with Gasteiger partial charge >= 0.3 is 0 Å². The fourth-order valence-electron chi connectivity index (χ4n) is 1.35. The molecule has 0 spiro atoms. The topological polar surface area (TPSA) is 103 Å². The molecule has 0 amide bonds. The second-order valence-corrected chi connectivity index (χ2v) is 7.40. The van der Waals surface area contributed by atoms with Gasteiger partial charge in [0, 0.05) is 13.1 Å². The zero-order valence-corrected chi connectivity index (χ0v) is 12.4. The highest BCUT2D eigenvalue weighted by Gasteiger charge is 2.22. The van der Waals surface area contributed by atoms with Crippen molar-refractivity contribution in [2.45, 2.75) is 30.0 Å². The molecule has 0 saturated heterocycles. The molecule has 0 bridgehead atoms. The zero-order valence-electron chi connectivity index (χ0n) is 10.7. The van der Waals surface area contributed by atoms with Crippen molar-refractivity contribution in [2.24, 2.45) is 7.05 Å². The Morgan fingerprint density at radius 2 is 2.16 bits per heavy atom. The lowest BCUT2D eigenvalue weighted by atomic mass is 10.4. The van der Waals surface area contributed by atoms with Crippen LogP contribution in [0.5, 0.6) is 0 Å². The summed E-state index contributed by atoms with van der Waals surface area (Å²) in [6.45, 7) is 3.88. The minimum absolute atomic E-state index is 0.0127. The number of nitrogens with zero attached hydrogens (tertiary/aromatic N) is 5. The average molecular weight is 302 g/mol. The second-order valence-electron chi connectivity index (χ2n) is 4.26. The molecule has 19 heavy (non-hydrogen) atoms. The Morgan fingerprint density at radius 1 is 1.42 bits per heavy atom. The first-order valence-corrected chi connectivity index (χ1v) is 8.01. The highest BCUT2D eigenvalue weighted by atomic mass is 32.2. The van der Waals surface area contributed by atoms with Crippen molar-refractivity contribution in [1.29, 1.82) is 0 Å². The van der Waals surface area contributed by atoms with Crippen molar-refractivity contribution in [1.82, 2.24) is 25.2 Å². The lowest BCUT2D eigenvalue weighted by Crippen LogP contribution is -2.08. The van der Waals surface area contributed by atoms with Crippen LogP contribution in [-0.4, -0.2) is 39.7 Å². The monoisotopic (exact) mass is 302 g/mol. The highest BCUT2D eigenvalue weighted by molar-refractivity contribution is 7.92. The smallest absolute Gasteiger partial charge is 0.234 e. The van der Waals surface area contributed by atoms with E-state index < -0.39 is 9.84 Å². The molecule has 0 saturated carbocycles. The van der Waals surface area contributed by atoms with E-state index in [1.807, 2.05) is 13.8 Å². The summed E-state index contributed by atoms with van der Waals surface area (Å²) in [7, 11) is -1.90. The van der Waals surface area contributed by atoms with E-state index in [1.54, 1.807) is 7.05 Å². The van der Waals surface area contributed by atoms with Crippen LogP contribution in [0.1, 0.15) is 19.5 Å². The highest BCUT2D eigenvalue weighted by Crippen LogP contribution is 2.23. The van der Waals surface area contributed by atoms with Gasteiger partial charge in [0.2, 0.25) is 19.3 Å². The third-order valence-corrected chi connectivity index (χ3v) is 5.02. The summed E-state index contributed by atoms with van der Waals surface area (Å²) in [6.07, 6.45) is 1.42. The van der Waals surface area contributed by atoms with Crippen LogP contribution in [0.3, 0.4) is 0 Å². The molecule has 0 aliphatic heterocycles. The van der Waals surface area contributed by atoms with Gasteiger partial charge in [-0.2, -0.15) is 15.0 Å². The van der Waals surface area contributed by atoms with Crippen LogP contribution in [0.4, 0.5) is 5.13 Å². The van der Waals surface area contributed by atoms with Crippen LogP contribution < -0.4 is 5.32 Å². The van der Waals surface area contributed by atoms with Crippen LogP contribution in [0.25, 0.3) is 0 Å². The minimum Gasteiger partial charge on any atom is -0.358 e. The first-order chi connectivity index (χ1) is 8.87. The van der Waals surface area contributed by atoms with Crippen LogP contribution in [0, 0.1) is 0 Å². The summed E-state index contributed by atoms with van der Waals surface area (Å²) < 4.78 is 24.2. The van der Waals surface area contributed by atoms with Gasteiger partial charge in [-0.05, 0) is 13.8 Å². The van der Waals surface area contributed by atoms with E-state index in [-0.39, 0.29) is 16.1 Å². The molecule has 0 aromatic carbocycles. The first kappa shape index (κ1) is 13.9. The molecule has 2 heterocycles. The Balaban J connectivity index is 2.17. The summed E-state index contributed by atoms with van der Waals surface area (Å²) in [6, 6.07) is 0.170. The Hall–Kier alpha value is -1.55. The number of sulfone groups is 1. The van der Waals surface area contributed by atoms with Crippen molar-refractivity contribution in [3.63, 3.8) is 0 Å². The largest absolute Gasteiger partial charge is 0.358 e. The van der Waals surface area contributed by atoms with Gasteiger partial charge in [-0.15, -0.1) is 10.2 Å². The number of anilines is 1. The number of nitrogens with one attached hydrogen (secondary N) is 1. The van der Waals surface area contributed by atoms with Gasteiger partial charge in [0.15, 0.2) is 0 Å². The summed E-state index contributed by atoms with van der Waals surface area (Å²) in [4.78, 5) is 1.32.